The lowest BCUT2D eigenvalue weighted by molar-refractivity contribution is -0.116. The molecule has 0 saturated heterocycles. The quantitative estimate of drug-likeness (QED) is 0.127. The van der Waals surface area contributed by atoms with Gasteiger partial charge in [0.1, 0.15) is 35.3 Å². The average molecular weight is 630 g/mol. The molecule has 4 rings (SSSR count). The highest BCUT2D eigenvalue weighted by Crippen LogP contribution is 2.31. The summed E-state index contributed by atoms with van der Waals surface area (Å²) in [6, 6.07) is 3.45. The molecule has 3 heterocycles. The van der Waals surface area contributed by atoms with E-state index in [1.165, 1.54) is 42.2 Å². The van der Waals surface area contributed by atoms with E-state index < -0.39 is 47.8 Å². The summed E-state index contributed by atoms with van der Waals surface area (Å²) in [5.41, 5.74) is -0.233. The van der Waals surface area contributed by atoms with Gasteiger partial charge < -0.3 is 24.1 Å². The number of aliphatic hydroxyl groups is 2. The Morgan fingerprint density at radius 2 is 1.92 bits per heavy atom. The van der Waals surface area contributed by atoms with Crippen LogP contribution in [-0.4, -0.2) is 65.5 Å². The molecule has 15 heteroatoms. The Balaban J connectivity index is 1.63. The molecule has 0 aliphatic carbocycles. The third kappa shape index (κ3) is 7.86. The number of aromatic nitrogens is 5. The van der Waals surface area contributed by atoms with Crippen LogP contribution in [0, 0.1) is 17.5 Å². The predicted molar refractivity (Wildman–Crippen MR) is 136 cm³/mol. The number of thioether (sulfide) groups is 1. The second-order valence-corrected chi connectivity index (χ2v) is 10.4. The van der Waals surface area contributed by atoms with E-state index >= 15 is 0 Å². The Bertz CT molecular complexity index is 1340. The fourth-order valence-electron chi connectivity index (χ4n) is 3.39. The highest BCUT2D eigenvalue weighted by Gasteiger charge is 2.31. The van der Waals surface area contributed by atoms with Crippen LogP contribution < -0.4 is 0 Å². The largest absolute Gasteiger partial charge is 0.451 e. The van der Waals surface area contributed by atoms with Crippen molar-refractivity contribution in [2.75, 3.05) is 6.61 Å². The van der Waals surface area contributed by atoms with Crippen molar-refractivity contribution in [3.8, 4) is 11.3 Å². The summed E-state index contributed by atoms with van der Waals surface area (Å²) < 4.78 is 60.3. The fourth-order valence-corrected chi connectivity index (χ4v) is 5.01. The van der Waals surface area contributed by atoms with E-state index in [9.17, 15) is 23.4 Å². The van der Waals surface area contributed by atoms with Gasteiger partial charge in [-0.1, -0.05) is 17.0 Å². The van der Waals surface area contributed by atoms with E-state index in [-0.39, 0.29) is 24.4 Å². The minimum absolute atomic E-state index is 0.00505. The molecular weight excluding hydrogens is 607 g/mol. The molecule has 0 aliphatic rings. The van der Waals surface area contributed by atoms with Crippen molar-refractivity contribution in [2.45, 2.75) is 48.7 Å². The highest BCUT2D eigenvalue weighted by atomic mass is 79.9. The molecule has 0 bridgehead atoms. The normalized spacial score (nSPS) is 14.7. The van der Waals surface area contributed by atoms with Crippen molar-refractivity contribution in [1.82, 2.24) is 25.0 Å². The first-order valence-corrected chi connectivity index (χ1v) is 13.2. The topological polar surface area (TPSA) is 129 Å². The van der Waals surface area contributed by atoms with Crippen LogP contribution >= 0.6 is 27.7 Å². The Labute approximate surface area is 233 Å². The molecule has 2 N–H and O–H groups in total. The molecule has 0 amide bonds. The minimum Gasteiger partial charge on any atom is -0.451 e. The highest BCUT2D eigenvalue weighted by molar-refractivity contribution is 9.10. The van der Waals surface area contributed by atoms with Crippen molar-refractivity contribution in [3.63, 3.8) is 0 Å². The molecule has 4 atom stereocenters. The molecule has 39 heavy (non-hydrogen) atoms. The number of hydrogen-bond acceptors (Lipinski definition) is 10. The number of pyridine rings is 1. The van der Waals surface area contributed by atoms with E-state index in [0.717, 1.165) is 16.6 Å². The van der Waals surface area contributed by atoms with Gasteiger partial charge in [0.25, 0.3) is 0 Å². The predicted octanol–water partition coefficient (Wildman–Crippen LogP) is 3.97. The Hall–Kier alpha value is -2.82. The van der Waals surface area contributed by atoms with Crippen LogP contribution in [0.15, 0.2) is 63.2 Å². The lowest BCUT2D eigenvalue weighted by Crippen LogP contribution is -2.40. The number of aliphatic hydroxyl groups excluding tert-OH is 2. The zero-order valence-corrected chi connectivity index (χ0v) is 22.7. The second-order valence-electron chi connectivity index (χ2n) is 8.33. The van der Waals surface area contributed by atoms with Crippen LogP contribution in [0.5, 0.6) is 0 Å². The van der Waals surface area contributed by atoms with E-state index in [4.69, 9.17) is 13.9 Å². The maximum Gasteiger partial charge on any atom is 0.194 e. The molecule has 0 radical (unpaired) electrons. The summed E-state index contributed by atoms with van der Waals surface area (Å²) in [5.74, 6) is -4.29. The van der Waals surface area contributed by atoms with Crippen LogP contribution in [0.25, 0.3) is 11.3 Å². The molecular formula is C24H23BrF3N5O5S. The molecule has 2 unspecified atom stereocenters. The van der Waals surface area contributed by atoms with Gasteiger partial charge in [-0.05, 0) is 41.1 Å². The summed E-state index contributed by atoms with van der Waals surface area (Å²) in [7, 11) is 0. The summed E-state index contributed by atoms with van der Waals surface area (Å²) in [6.45, 7) is 1.07. The summed E-state index contributed by atoms with van der Waals surface area (Å²) in [4.78, 5) is 8.91. The molecule has 3 aromatic heterocycles. The van der Waals surface area contributed by atoms with Gasteiger partial charge >= 0.3 is 0 Å². The number of rotatable bonds is 13. The molecule has 1 aromatic carbocycles. The van der Waals surface area contributed by atoms with E-state index in [1.807, 2.05) is 6.07 Å². The minimum atomic E-state index is -1.58. The van der Waals surface area contributed by atoms with Gasteiger partial charge in [-0.15, -0.1) is 5.10 Å². The molecule has 4 aromatic rings. The lowest BCUT2D eigenvalue weighted by Gasteiger charge is -2.31. The molecule has 208 valence electrons. The van der Waals surface area contributed by atoms with Crippen molar-refractivity contribution in [1.29, 1.82) is 0 Å². The average Bonchev–Trinajstić information content (AvgIpc) is 3.59. The SMILES string of the molecule is C[C@@H](O)C(CO)OC(Sc1cncc(Br)c1)[C@H](Cn1cc(-c2cc(F)c(F)c(F)c2)nn1)OCc1cocn1. The van der Waals surface area contributed by atoms with Crippen molar-refractivity contribution >= 4 is 27.7 Å². The number of ether oxygens (including phenoxy) is 2. The maximum absolute atomic E-state index is 13.8. The van der Waals surface area contributed by atoms with Gasteiger partial charge in [-0.25, -0.2) is 22.8 Å². The van der Waals surface area contributed by atoms with Crippen molar-refractivity contribution in [3.05, 3.63) is 77.1 Å². The Kier molecular flexibility index (Phi) is 10.1. The second kappa shape index (κ2) is 13.5. The van der Waals surface area contributed by atoms with Crippen LogP contribution in [0.4, 0.5) is 13.2 Å². The molecule has 10 nitrogen and oxygen atoms in total. The van der Waals surface area contributed by atoms with Gasteiger partial charge in [0.2, 0.25) is 0 Å². The molecule has 0 saturated carbocycles. The van der Waals surface area contributed by atoms with Gasteiger partial charge in [0.05, 0.1) is 32.1 Å². The van der Waals surface area contributed by atoms with Crippen molar-refractivity contribution in [2.24, 2.45) is 0 Å². The van der Waals surface area contributed by atoms with Crippen molar-refractivity contribution < 1.29 is 37.3 Å². The number of hydrogen-bond donors (Lipinski definition) is 2. The van der Waals surface area contributed by atoms with Crippen LogP contribution in [-0.2, 0) is 22.6 Å². The molecule has 0 fully saturated rings. The maximum atomic E-state index is 13.8. The van der Waals surface area contributed by atoms with Gasteiger partial charge in [0.15, 0.2) is 23.8 Å². The van der Waals surface area contributed by atoms with E-state index in [0.29, 0.717) is 10.6 Å². The van der Waals surface area contributed by atoms with Gasteiger partial charge in [-0.3, -0.25) is 4.98 Å². The zero-order chi connectivity index (χ0) is 27.9. The molecule has 0 aliphatic heterocycles. The number of halogens is 4. The first-order valence-electron chi connectivity index (χ1n) is 11.5. The van der Waals surface area contributed by atoms with Crippen LogP contribution in [0.2, 0.25) is 0 Å². The van der Waals surface area contributed by atoms with Gasteiger partial charge in [0, 0.05) is 27.3 Å². The van der Waals surface area contributed by atoms with Gasteiger partial charge in [-0.2, -0.15) is 0 Å². The van der Waals surface area contributed by atoms with E-state index in [1.54, 1.807) is 12.4 Å². The summed E-state index contributed by atoms with van der Waals surface area (Å²) >= 11 is 4.61. The first-order chi connectivity index (χ1) is 18.7. The summed E-state index contributed by atoms with van der Waals surface area (Å²) in [6.07, 6.45) is 4.56. The standard InChI is InChI=1S/C24H23BrF3N5O5S/c1-13(35)22(9-34)38-24(39-17-4-15(25)5-29-6-17)21(37-11-16-10-36-12-30-16)8-33-7-20(31-32-33)14-2-18(26)23(28)19(27)3-14/h2-7,10,12-13,21-22,24,34-35H,8-9,11H2,1H3/t13-,21+,22?,24?/m1/s1. The number of oxazole rings is 1. The Morgan fingerprint density at radius 3 is 2.56 bits per heavy atom. The lowest BCUT2D eigenvalue weighted by atomic mass is 10.1. The Morgan fingerprint density at radius 1 is 1.15 bits per heavy atom. The zero-order valence-electron chi connectivity index (χ0n) is 20.3. The number of nitrogens with zero attached hydrogens (tertiary/aromatic N) is 5. The third-order valence-electron chi connectivity index (χ3n) is 5.38. The molecule has 0 spiro atoms. The smallest absolute Gasteiger partial charge is 0.194 e. The fraction of sp³-hybridized carbons (Fsp3) is 0.333. The first kappa shape index (κ1) is 29.2. The number of benzene rings is 1. The monoisotopic (exact) mass is 629 g/mol. The van der Waals surface area contributed by atoms with E-state index in [2.05, 4.69) is 36.2 Å². The van der Waals surface area contributed by atoms with Crippen LogP contribution in [0.3, 0.4) is 0 Å². The third-order valence-corrected chi connectivity index (χ3v) is 6.95. The van der Waals surface area contributed by atoms with Crippen LogP contribution in [0.1, 0.15) is 12.6 Å². The summed E-state index contributed by atoms with van der Waals surface area (Å²) in [5, 5.41) is 27.9.